The van der Waals surface area contributed by atoms with Crippen LogP contribution in [0.15, 0.2) is 28.7 Å². The van der Waals surface area contributed by atoms with Crippen LogP contribution in [0.25, 0.3) is 11.1 Å². The van der Waals surface area contributed by atoms with Gasteiger partial charge in [-0.15, -0.1) is 0 Å². The molecule has 28 heavy (non-hydrogen) atoms. The Morgan fingerprint density at radius 2 is 1.82 bits per heavy atom. The molecule has 0 N–H and O–H groups in total. The number of aromatic nitrogens is 1. The van der Waals surface area contributed by atoms with E-state index in [2.05, 4.69) is 9.88 Å². The van der Waals surface area contributed by atoms with Crippen LogP contribution in [0.5, 0.6) is 0 Å². The Morgan fingerprint density at radius 3 is 2.50 bits per heavy atom. The normalized spacial score (nSPS) is 19.8. The van der Waals surface area contributed by atoms with Gasteiger partial charge in [0, 0.05) is 19.0 Å². The van der Waals surface area contributed by atoms with Gasteiger partial charge in [0.15, 0.2) is 11.5 Å². The summed E-state index contributed by atoms with van der Waals surface area (Å²) in [4.78, 5) is 33.0. The number of carbonyl (C=O) groups excluding carboxylic acids is 2. The van der Waals surface area contributed by atoms with Crippen LogP contribution in [0.1, 0.15) is 37.5 Å². The van der Waals surface area contributed by atoms with Gasteiger partial charge >= 0.3 is 5.97 Å². The van der Waals surface area contributed by atoms with Gasteiger partial charge in [-0.25, -0.2) is 4.98 Å². The standard InChI is InChI=1S/C21H27N3O4/c1-27-21(26)16-6-10-23(11-7-16)14-19(25)24-12-8-15(9-13-24)20-22-17-4-2-3-5-18(17)28-20/h2-5,15-16H,6-14H2,1H3. The van der Waals surface area contributed by atoms with Crippen LogP contribution in [-0.2, 0) is 14.3 Å². The van der Waals surface area contributed by atoms with Gasteiger partial charge in [0.1, 0.15) is 5.52 Å². The van der Waals surface area contributed by atoms with Crippen LogP contribution >= 0.6 is 0 Å². The van der Waals surface area contributed by atoms with Crippen molar-refractivity contribution in [3.8, 4) is 0 Å². The van der Waals surface area contributed by atoms with E-state index in [0.29, 0.717) is 6.54 Å². The summed E-state index contributed by atoms with van der Waals surface area (Å²) in [5, 5.41) is 0. The van der Waals surface area contributed by atoms with Gasteiger partial charge in [0.2, 0.25) is 5.91 Å². The minimum Gasteiger partial charge on any atom is -0.469 e. The topological polar surface area (TPSA) is 75.9 Å². The summed E-state index contributed by atoms with van der Waals surface area (Å²) < 4.78 is 10.7. The summed E-state index contributed by atoms with van der Waals surface area (Å²) in [5.74, 6) is 1.08. The molecule has 150 valence electrons. The number of ether oxygens (including phenoxy) is 1. The minimum atomic E-state index is -0.132. The third-order valence-corrected chi connectivity index (χ3v) is 5.99. The predicted octanol–water partition coefficient (Wildman–Crippen LogP) is 2.42. The van der Waals surface area contributed by atoms with Crippen LogP contribution in [0.3, 0.4) is 0 Å². The number of benzene rings is 1. The highest BCUT2D eigenvalue weighted by Crippen LogP contribution is 2.30. The fourth-order valence-electron chi connectivity index (χ4n) is 4.23. The molecule has 1 aromatic carbocycles. The molecule has 2 fully saturated rings. The average Bonchev–Trinajstić information content (AvgIpc) is 3.18. The molecule has 2 aromatic rings. The summed E-state index contributed by atoms with van der Waals surface area (Å²) in [6.07, 6.45) is 3.28. The summed E-state index contributed by atoms with van der Waals surface area (Å²) in [6, 6.07) is 7.81. The second-order valence-corrected chi connectivity index (χ2v) is 7.75. The van der Waals surface area contributed by atoms with Crippen LogP contribution in [-0.4, -0.2) is 66.5 Å². The van der Waals surface area contributed by atoms with E-state index in [9.17, 15) is 9.59 Å². The van der Waals surface area contributed by atoms with E-state index in [1.54, 1.807) is 0 Å². The third kappa shape index (κ3) is 4.04. The van der Waals surface area contributed by atoms with Crippen molar-refractivity contribution in [1.82, 2.24) is 14.8 Å². The molecular weight excluding hydrogens is 358 g/mol. The van der Waals surface area contributed by atoms with E-state index in [-0.39, 0.29) is 23.7 Å². The number of methoxy groups -OCH3 is 1. The lowest BCUT2D eigenvalue weighted by atomic mass is 9.96. The summed E-state index contributed by atoms with van der Waals surface area (Å²) in [6.45, 7) is 3.44. The number of para-hydroxylation sites is 2. The van der Waals surface area contributed by atoms with Crippen molar-refractivity contribution in [2.24, 2.45) is 5.92 Å². The highest BCUT2D eigenvalue weighted by atomic mass is 16.5. The van der Waals surface area contributed by atoms with E-state index in [1.165, 1.54) is 7.11 Å². The number of oxazole rings is 1. The zero-order chi connectivity index (χ0) is 19.5. The van der Waals surface area contributed by atoms with Gasteiger partial charge in [-0.3, -0.25) is 14.5 Å². The van der Waals surface area contributed by atoms with Gasteiger partial charge in [-0.2, -0.15) is 0 Å². The van der Waals surface area contributed by atoms with E-state index < -0.39 is 0 Å². The lowest BCUT2D eigenvalue weighted by molar-refractivity contribution is -0.147. The molecule has 0 radical (unpaired) electrons. The number of amides is 1. The number of fused-ring (bicyclic) bond motifs is 1. The van der Waals surface area contributed by atoms with Crippen molar-refractivity contribution in [2.45, 2.75) is 31.6 Å². The van der Waals surface area contributed by atoms with E-state index >= 15 is 0 Å². The first-order valence-corrected chi connectivity index (χ1v) is 10.1. The maximum absolute atomic E-state index is 12.7. The molecule has 2 aliphatic rings. The average molecular weight is 385 g/mol. The Morgan fingerprint density at radius 1 is 1.11 bits per heavy atom. The van der Waals surface area contributed by atoms with Gasteiger partial charge in [-0.1, -0.05) is 12.1 Å². The minimum absolute atomic E-state index is 0.0246. The van der Waals surface area contributed by atoms with E-state index in [1.807, 2.05) is 29.2 Å². The molecule has 1 aromatic heterocycles. The summed E-state index contributed by atoms with van der Waals surface area (Å²) >= 11 is 0. The molecule has 1 amide bonds. The molecule has 7 heteroatoms. The molecule has 0 unspecified atom stereocenters. The Balaban J connectivity index is 1.26. The number of rotatable bonds is 4. The number of piperidine rings is 2. The lowest BCUT2D eigenvalue weighted by Crippen LogP contribution is -2.46. The molecule has 2 saturated heterocycles. The Labute approximate surface area is 164 Å². The van der Waals surface area contributed by atoms with Crippen LogP contribution < -0.4 is 0 Å². The molecule has 0 aliphatic carbocycles. The van der Waals surface area contributed by atoms with E-state index in [0.717, 1.165) is 68.9 Å². The lowest BCUT2D eigenvalue weighted by Gasteiger charge is -2.34. The highest BCUT2D eigenvalue weighted by Gasteiger charge is 2.30. The summed E-state index contributed by atoms with van der Waals surface area (Å²) in [7, 11) is 1.43. The third-order valence-electron chi connectivity index (χ3n) is 5.99. The first-order chi connectivity index (χ1) is 13.6. The maximum Gasteiger partial charge on any atom is 0.308 e. The smallest absolute Gasteiger partial charge is 0.308 e. The first-order valence-electron chi connectivity index (χ1n) is 10.1. The molecule has 3 heterocycles. The largest absolute Gasteiger partial charge is 0.469 e. The second-order valence-electron chi connectivity index (χ2n) is 7.75. The van der Waals surface area contributed by atoms with Gasteiger partial charge in [0.05, 0.1) is 19.6 Å². The molecular formula is C21H27N3O4. The molecule has 4 rings (SSSR count). The quantitative estimate of drug-likeness (QED) is 0.753. The van der Waals surface area contributed by atoms with Crippen molar-refractivity contribution >= 4 is 23.0 Å². The Hall–Kier alpha value is -2.41. The van der Waals surface area contributed by atoms with Crippen molar-refractivity contribution in [1.29, 1.82) is 0 Å². The van der Waals surface area contributed by atoms with Crippen molar-refractivity contribution in [3.05, 3.63) is 30.2 Å². The zero-order valence-corrected chi connectivity index (χ0v) is 16.3. The van der Waals surface area contributed by atoms with Crippen LogP contribution in [0.4, 0.5) is 0 Å². The number of hydrogen-bond acceptors (Lipinski definition) is 6. The predicted molar refractivity (Wildman–Crippen MR) is 104 cm³/mol. The first kappa shape index (κ1) is 18.9. The van der Waals surface area contributed by atoms with E-state index in [4.69, 9.17) is 9.15 Å². The van der Waals surface area contributed by atoms with Crippen molar-refractivity contribution in [3.63, 3.8) is 0 Å². The number of esters is 1. The SMILES string of the molecule is COC(=O)C1CCN(CC(=O)N2CCC(c3nc4ccccc4o3)CC2)CC1. The van der Waals surface area contributed by atoms with Crippen molar-refractivity contribution in [2.75, 3.05) is 39.8 Å². The molecule has 2 aliphatic heterocycles. The molecule has 0 atom stereocenters. The van der Waals surface area contributed by atoms with Gasteiger partial charge < -0.3 is 14.1 Å². The molecule has 7 nitrogen and oxygen atoms in total. The molecule has 0 saturated carbocycles. The Bertz CT molecular complexity index is 800. The highest BCUT2D eigenvalue weighted by molar-refractivity contribution is 5.78. The van der Waals surface area contributed by atoms with Crippen molar-refractivity contribution < 1.29 is 18.7 Å². The van der Waals surface area contributed by atoms with Crippen LogP contribution in [0, 0.1) is 5.92 Å². The molecule has 0 bridgehead atoms. The fraction of sp³-hybridized carbons (Fsp3) is 0.571. The number of hydrogen-bond donors (Lipinski definition) is 0. The van der Waals surface area contributed by atoms with Crippen LogP contribution in [0.2, 0.25) is 0 Å². The zero-order valence-electron chi connectivity index (χ0n) is 16.3. The fourth-order valence-corrected chi connectivity index (χ4v) is 4.23. The maximum atomic E-state index is 12.7. The molecule has 0 spiro atoms. The number of likely N-dealkylation sites (tertiary alicyclic amines) is 2. The van der Waals surface area contributed by atoms with Gasteiger partial charge in [-0.05, 0) is 50.9 Å². The monoisotopic (exact) mass is 385 g/mol. The number of nitrogens with zero attached hydrogens (tertiary/aromatic N) is 3. The summed E-state index contributed by atoms with van der Waals surface area (Å²) in [5.41, 5.74) is 1.72. The second kappa shape index (κ2) is 8.31. The van der Waals surface area contributed by atoms with Gasteiger partial charge in [0.25, 0.3) is 0 Å². The number of carbonyl (C=O) groups is 2. The Kier molecular flexibility index (Phi) is 5.62.